The van der Waals surface area contributed by atoms with Crippen LogP contribution >= 0.6 is 11.6 Å². The third kappa shape index (κ3) is 4.76. The van der Waals surface area contributed by atoms with Gasteiger partial charge in [-0.3, -0.25) is 9.78 Å². The standard InChI is InChI=1S/C16H18ClN3O/c1-2-7-19-15-8-13(10-18-11-15)16(21)20-9-12-3-5-14(17)6-4-12/h3-6,8,10-11,19H,2,7,9H2,1H3,(H,20,21). The van der Waals surface area contributed by atoms with Crippen molar-refractivity contribution < 1.29 is 4.79 Å². The second-order valence-corrected chi connectivity index (χ2v) is 5.13. The van der Waals surface area contributed by atoms with E-state index < -0.39 is 0 Å². The van der Waals surface area contributed by atoms with E-state index in [4.69, 9.17) is 11.6 Å². The van der Waals surface area contributed by atoms with Crippen LogP contribution in [0.1, 0.15) is 29.3 Å². The van der Waals surface area contributed by atoms with Crippen LogP contribution in [0.15, 0.2) is 42.7 Å². The first-order chi connectivity index (χ1) is 10.2. The number of halogens is 1. The fraction of sp³-hybridized carbons (Fsp3) is 0.250. The lowest BCUT2D eigenvalue weighted by Gasteiger charge is -2.08. The highest BCUT2D eigenvalue weighted by molar-refractivity contribution is 6.30. The van der Waals surface area contributed by atoms with E-state index in [1.54, 1.807) is 30.6 Å². The lowest BCUT2D eigenvalue weighted by atomic mass is 10.2. The summed E-state index contributed by atoms with van der Waals surface area (Å²) in [5.41, 5.74) is 2.40. The number of amides is 1. The Morgan fingerprint density at radius 2 is 2.00 bits per heavy atom. The number of benzene rings is 1. The minimum Gasteiger partial charge on any atom is -0.384 e. The SMILES string of the molecule is CCCNc1cncc(C(=O)NCc2ccc(Cl)cc2)c1. The van der Waals surface area contributed by atoms with Gasteiger partial charge in [-0.15, -0.1) is 0 Å². The van der Waals surface area contributed by atoms with E-state index in [-0.39, 0.29) is 5.91 Å². The minimum absolute atomic E-state index is 0.141. The lowest BCUT2D eigenvalue weighted by Crippen LogP contribution is -2.23. The normalized spacial score (nSPS) is 10.2. The van der Waals surface area contributed by atoms with Crippen LogP contribution in [0.5, 0.6) is 0 Å². The molecule has 21 heavy (non-hydrogen) atoms. The predicted molar refractivity (Wildman–Crippen MR) is 85.6 cm³/mol. The maximum Gasteiger partial charge on any atom is 0.253 e. The molecule has 0 saturated carbocycles. The lowest BCUT2D eigenvalue weighted by molar-refractivity contribution is 0.0950. The van der Waals surface area contributed by atoms with Gasteiger partial charge in [0.2, 0.25) is 0 Å². The molecule has 1 aromatic heterocycles. The van der Waals surface area contributed by atoms with E-state index >= 15 is 0 Å². The number of nitrogens with one attached hydrogen (secondary N) is 2. The van der Waals surface area contributed by atoms with Crippen LogP contribution in [0.25, 0.3) is 0 Å². The topological polar surface area (TPSA) is 54.0 Å². The van der Waals surface area contributed by atoms with Gasteiger partial charge in [0.15, 0.2) is 0 Å². The molecule has 4 nitrogen and oxygen atoms in total. The Morgan fingerprint density at radius 1 is 1.24 bits per heavy atom. The van der Waals surface area contributed by atoms with Gasteiger partial charge in [-0.1, -0.05) is 30.7 Å². The summed E-state index contributed by atoms with van der Waals surface area (Å²) in [6, 6.07) is 9.19. The van der Waals surface area contributed by atoms with Crippen LogP contribution < -0.4 is 10.6 Å². The smallest absolute Gasteiger partial charge is 0.253 e. The molecule has 2 N–H and O–H groups in total. The molecule has 0 aliphatic rings. The minimum atomic E-state index is -0.141. The first-order valence-electron chi connectivity index (χ1n) is 6.90. The zero-order chi connectivity index (χ0) is 15.1. The van der Waals surface area contributed by atoms with Crippen molar-refractivity contribution >= 4 is 23.2 Å². The van der Waals surface area contributed by atoms with Crippen LogP contribution in [0.4, 0.5) is 5.69 Å². The molecule has 0 saturated heterocycles. The van der Waals surface area contributed by atoms with Crippen LogP contribution in [-0.2, 0) is 6.54 Å². The van der Waals surface area contributed by atoms with Crippen molar-refractivity contribution in [3.8, 4) is 0 Å². The average molecular weight is 304 g/mol. The van der Waals surface area contributed by atoms with E-state index in [2.05, 4.69) is 22.5 Å². The van der Waals surface area contributed by atoms with Crippen molar-refractivity contribution in [1.29, 1.82) is 0 Å². The first kappa shape index (κ1) is 15.3. The fourth-order valence-electron chi connectivity index (χ4n) is 1.82. The zero-order valence-corrected chi connectivity index (χ0v) is 12.7. The molecule has 0 radical (unpaired) electrons. The first-order valence-corrected chi connectivity index (χ1v) is 7.28. The van der Waals surface area contributed by atoms with Gasteiger partial charge in [0.05, 0.1) is 11.3 Å². The second kappa shape index (κ2) is 7.64. The molecular weight excluding hydrogens is 286 g/mol. The molecule has 2 rings (SSSR count). The van der Waals surface area contributed by atoms with E-state index in [0.717, 1.165) is 24.2 Å². The third-order valence-corrected chi connectivity index (χ3v) is 3.20. The zero-order valence-electron chi connectivity index (χ0n) is 11.9. The van der Waals surface area contributed by atoms with Crippen molar-refractivity contribution in [2.75, 3.05) is 11.9 Å². The number of hydrogen-bond acceptors (Lipinski definition) is 3. The van der Waals surface area contributed by atoms with Gasteiger partial charge in [0, 0.05) is 30.5 Å². The van der Waals surface area contributed by atoms with Gasteiger partial charge in [-0.05, 0) is 30.2 Å². The molecule has 0 aliphatic heterocycles. The molecule has 5 heteroatoms. The van der Waals surface area contributed by atoms with Crippen molar-refractivity contribution in [3.05, 3.63) is 58.9 Å². The summed E-state index contributed by atoms with van der Waals surface area (Å²) in [7, 11) is 0. The van der Waals surface area contributed by atoms with Crippen molar-refractivity contribution in [1.82, 2.24) is 10.3 Å². The van der Waals surface area contributed by atoms with Gasteiger partial charge in [-0.2, -0.15) is 0 Å². The molecule has 110 valence electrons. The molecular formula is C16H18ClN3O. The summed E-state index contributed by atoms with van der Waals surface area (Å²) in [6.07, 6.45) is 4.30. The molecule has 0 atom stereocenters. The third-order valence-electron chi connectivity index (χ3n) is 2.95. The summed E-state index contributed by atoms with van der Waals surface area (Å²) < 4.78 is 0. The number of aromatic nitrogens is 1. The van der Waals surface area contributed by atoms with Gasteiger partial charge in [0.1, 0.15) is 0 Å². The Labute approximate surface area is 129 Å². The Morgan fingerprint density at radius 3 is 2.71 bits per heavy atom. The number of carbonyl (C=O) groups excluding carboxylic acids is 1. The largest absolute Gasteiger partial charge is 0.384 e. The molecule has 0 spiro atoms. The molecule has 1 amide bonds. The fourth-order valence-corrected chi connectivity index (χ4v) is 1.94. The van der Waals surface area contributed by atoms with E-state index in [1.807, 2.05) is 12.1 Å². The number of pyridine rings is 1. The highest BCUT2D eigenvalue weighted by atomic mass is 35.5. The van der Waals surface area contributed by atoms with Crippen LogP contribution in [0.2, 0.25) is 5.02 Å². The Hall–Kier alpha value is -2.07. The molecule has 1 heterocycles. The maximum atomic E-state index is 12.1. The molecule has 0 fully saturated rings. The highest BCUT2D eigenvalue weighted by Crippen LogP contribution is 2.11. The Balaban J connectivity index is 1.95. The summed E-state index contributed by atoms with van der Waals surface area (Å²) in [4.78, 5) is 16.2. The molecule has 1 aromatic carbocycles. The van der Waals surface area contributed by atoms with E-state index in [0.29, 0.717) is 17.1 Å². The number of carbonyl (C=O) groups is 1. The van der Waals surface area contributed by atoms with Crippen molar-refractivity contribution in [3.63, 3.8) is 0 Å². The molecule has 0 aliphatic carbocycles. The maximum absolute atomic E-state index is 12.1. The van der Waals surface area contributed by atoms with Crippen molar-refractivity contribution in [2.45, 2.75) is 19.9 Å². The average Bonchev–Trinajstić information content (AvgIpc) is 2.52. The molecule has 2 aromatic rings. The number of anilines is 1. The summed E-state index contributed by atoms with van der Waals surface area (Å²) in [5, 5.41) is 6.76. The molecule has 0 unspecified atom stereocenters. The van der Waals surface area contributed by atoms with Crippen LogP contribution in [0, 0.1) is 0 Å². The summed E-state index contributed by atoms with van der Waals surface area (Å²) in [5.74, 6) is -0.141. The quantitative estimate of drug-likeness (QED) is 0.859. The van der Waals surface area contributed by atoms with Crippen LogP contribution in [-0.4, -0.2) is 17.4 Å². The van der Waals surface area contributed by atoms with Gasteiger partial charge < -0.3 is 10.6 Å². The summed E-state index contributed by atoms with van der Waals surface area (Å²) >= 11 is 5.83. The van der Waals surface area contributed by atoms with Gasteiger partial charge in [0.25, 0.3) is 5.91 Å². The Kier molecular flexibility index (Phi) is 5.58. The predicted octanol–water partition coefficient (Wildman–Crippen LogP) is 3.49. The Bertz CT molecular complexity index is 599. The number of nitrogens with zero attached hydrogens (tertiary/aromatic N) is 1. The molecule has 0 bridgehead atoms. The second-order valence-electron chi connectivity index (χ2n) is 4.70. The monoisotopic (exact) mass is 303 g/mol. The number of hydrogen-bond donors (Lipinski definition) is 2. The van der Waals surface area contributed by atoms with Gasteiger partial charge >= 0.3 is 0 Å². The number of rotatable bonds is 6. The van der Waals surface area contributed by atoms with Crippen molar-refractivity contribution in [2.24, 2.45) is 0 Å². The van der Waals surface area contributed by atoms with Gasteiger partial charge in [-0.25, -0.2) is 0 Å². The van der Waals surface area contributed by atoms with E-state index in [1.165, 1.54) is 0 Å². The highest BCUT2D eigenvalue weighted by Gasteiger charge is 2.06. The van der Waals surface area contributed by atoms with E-state index in [9.17, 15) is 4.79 Å². The van der Waals surface area contributed by atoms with Crippen LogP contribution in [0.3, 0.4) is 0 Å². The summed E-state index contributed by atoms with van der Waals surface area (Å²) in [6.45, 7) is 3.41.